The SMILES string of the molecule is CC(C)(C)OC(=O)N(C(=O)c1ccc(C(F)(F)F)cc1)c1oc(-c2ccccc2)nc1-c1ccccc1. The van der Waals surface area contributed by atoms with Crippen molar-refractivity contribution in [2.24, 2.45) is 0 Å². The third-order valence-electron chi connectivity index (χ3n) is 5.12. The van der Waals surface area contributed by atoms with Crippen molar-refractivity contribution in [1.29, 1.82) is 0 Å². The van der Waals surface area contributed by atoms with E-state index in [4.69, 9.17) is 9.15 Å². The van der Waals surface area contributed by atoms with Gasteiger partial charge in [0.1, 0.15) is 11.3 Å². The second kappa shape index (κ2) is 9.93. The first kappa shape index (κ1) is 25.7. The average Bonchev–Trinajstić information content (AvgIpc) is 3.28. The molecule has 6 nitrogen and oxygen atoms in total. The van der Waals surface area contributed by atoms with Gasteiger partial charge in [-0.25, -0.2) is 9.78 Å². The van der Waals surface area contributed by atoms with Crippen LogP contribution in [0.15, 0.2) is 89.3 Å². The second-order valence-corrected chi connectivity index (χ2v) is 9.10. The van der Waals surface area contributed by atoms with Crippen LogP contribution in [0.3, 0.4) is 0 Å². The maximum atomic E-state index is 13.6. The summed E-state index contributed by atoms with van der Waals surface area (Å²) in [6.07, 6.45) is -5.65. The minimum Gasteiger partial charge on any atom is -0.443 e. The Morgan fingerprint density at radius 2 is 1.35 bits per heavy atom. The number of ether oxygens (including phenoxy) is 1. The van der Waals surface area contributed by atoms with Crippen molar-refractivity contribution in [3.05, 3.63) is 96.1 Å². The van der Waals surface area contributed by atoms with Gasteiger partial charge < -0.3 is 9.15 Å². The summed E-state index contributed by atoms with van der Waals surface area (Å²) in [5, 5.41) is 0. The van der Waals surface area contributed by atoms with Crippen LogP contribution in [0.5, 0.6) is 0 Å². The van der Waals surface area contributed by atoms with Gasteiger partial charge in [0.2, 0.25) is 11.8 Å². The summed E-state index contributed by atoms with van der Waals surface area (Å²) in [7, 11) is 0. The van der Waals surface area contributed by atoms with Crippen molar-refractivity contribution in [3.8, 4) is 22.7 Å². The molecule has 4 rings (SSSR count). The maximum Gasteiger partial charge on any atom is 0.424 e. The number of imide groups is 1. The number of hydrogen-bond acceptors (Lipinski definition) is 5. The Morgan fingerprint density at radius 1 is 0.811 bits per heavy atom. The number of halogens is 3. The molecule has 0 saturated heterocycles. The van der Waals surface area contributed by atoms with E-state index < -0.39 is 29.3 Å². The molecule has 37 heavy (non-hydrogen) atoms. The van der Waals surface area contributed by atoms with Gasteiger partial charge in [-0.3, -0.25) is 4.79 Å². The molecule has 0 N–H and O–H groups in total. The largest absolute Gasteiger partial charge is 0.443 e. The van der Waals surface area contributed by atoms with Crippen LogP contribution in [0.25, 0.3) is 22.7 Å². The number of oxazole rings is 1. The van der Waals surface area contributed by atoms with Gasteiger partial charge in [0, 0.05) is 16.7 Å². The van der Waals surface area contributed by atoms with E-state index in [2.05, 4.69) is 4.98 Å². The van der Waals surface area contributed by atoms with Gasteiger partial charge in [-0.15, -0.1) is 0 Å². The topological polar surface area (TPSA) is 72.6 Å². The molecular weight excluding hydrogens is 485 g/mol. The van der Waals surface area contributed by atoms with Crippen molar-refractivity contribution in [2.45, 2.75) is 32.5 Å². The minimum absolute atomic E-state index is 0.142. The summed E-state index contributed by atoms with van der Waals surface area (Å²) in [6, 6.07) is 21.2. The van der Waals surface area contributed by atoms with Crippen molar-refractivity contribution < 1.29 is 31.9 Å². The number of amides is 2. The number of alkyl halides is 3. The molecule has 1 heterocycles. The lowest BCUT2D eigenvalue weighted by Crippen LogP contribution is -2.41. The molecule has 0 aliphatic carbocycles. The highest BCUT2D eigenvalue weighted by molar-refractivity contribution is 6.19. The van der Waals surface area contributed by atoms with Crippen LogP contribution in [0.4, 0.5) is 23.8 Å². The first-order chi connectivity index (χ1) is 17.4. The molecular formula is C28H23F3N2O4. The van der Waals surface area contributed by atoms with E-state index in [1.165, 1.54) is 0 Å². The number of rotatable bonds is 4. The van der Waals surface area contributed by atoms with Crippen molar-refractivity contribution in [2.75, 3.05) is 4.90 Å². The molecule has 9 heteroatoms. The molecule has 2 amide bonds. The summed E-state index contributed by atoms with van der Waals surface area (Å²) in [5.41, 5.74) is -0.746. The summed E-state index contributed by atoms with van der Waals surface area (Å²) in [6.45, 7) is 4.87. The highest BCUT2D eigenvalue weighted by Gasteiger charge is 2.36. The number of anilines is 1. The van der Waals surface area contributed by atoms with Gasteiger partial charge in [-0.05, 0) is 57.2 Å². The molecule has 4 aromatic rings. The van der Waals surface area contributed by atoms with E-state index in [0.29, 0.717) is 16.0 Å². The number of carbonyl (C=O) groups excluding carboxylic acids is 2. The quantitative estimate of drug-likeness (QED) is 0.284. The minimum atomic E-state index is -4.58. The fraction of sp³-hybridized carbons (Fsp3) is 0.179. The molecule has 3 aromatic carbocycles. The molecule has 0 spiro atoms. The van der Waals surface area contributed by atoms with E-state index in [9.17, 15) is 22.8 Å². The van der Waals surface area contributed by atoms with E-state index in [0.717, 1.165) is 24.3 Å². The Hall–Kier alpha value is -4.40. The van der Waals surface area contributed by atoms with Crippen molar-refractivity contribution >= 4 is 17.9 Å². The van der Waals surface area contributed by atoms with Crippen LogP contribution in [0, 0.1) is 0 Å². The summed E-state index contributed by atoms with van der Waals surface area (Å²) < 4.78 is 50.7. The predicted molar refractivity (Wildman–Crippen MR) is 132 cm³/mol. The molecule has 0 saturated carbocycles. The molecule has 0 bridgehead atoms. The number of nitrogens with zero attached hydrogens (tertiary/aromatic N) is 2. The third-order valence-corrected chi connectivity index (χ3v) is 5.12. The highest BCUT2D eigenvalue weighted by atomic mass is 19.4. The van der Waals surface area contributed by atoms with E-state index in [-0.39, 0.29) is 23.0 Å². The molecule has 190 valence electrons. The predicted octanol–water partition coefficient (Wildman–Crippen LogP) is 7.61. The third kappa shape index (κ3) is 5.88. The first-order valence-electron chi connectivity index (χ1n) is 11.3. The lowest BCUT2D eigenvalue weighted by Gasteiger charge is -2.25. The van der Waals surface area contributed by atoms with Gasteiger partial charge in [-0.2, -0.15) is 18.1 Å². The summed E-state index contributed by atoms with van der Waals surface area (Å²) >= 11 is 0. The Labute approximate surface area is 211 Å². The molecule has 0 atom stereocenters. The second-order valence-electron chi connectivity index (χ2n) is 9.10. The highest BCUT2D eigenvalue weighted by Crippen LogP contribution is 2.37. The lowest BCUT2D eigenvalue weighted by atomic mass is 10.1. The van der Waals surface area contributed by atoms with Crippen molar-refractivity contribution in [1.82, 2.24) is 4.98 Å². The summed E-state index contributed by atoms with van der Waals surface area (Å²) in [4.78, 5) is 32.2. The van der Waals surface area contributed by atoms with Crippen LogP contribution >= 0.6 is 0 Å². The van der Waals surface area contributed by atoms with E-state index in [1.807, 2.05) is 6.07 Å². The van der Waals surface area contributed by atoms with Crippen LogP contribution in [0.1, 0.15) is 36.7 Å². The molecule has 0 aliphatic heterocycles. The number of benzene rings is 3. The van der Waals surface area contributed by atoms with Crippen LogP contribution in [-0.4, -0.2) is 22.6 Å². The zero-order valence-electron chi connectivity index (χ0n) is 20.2. The average molecular weight is 508 g/mol. The Morgan fingerprint density at radius 3 is 1.86 bits per heavy atom. The molecule has 1 aromatic heterocycles. The zero-order chi connectivity index (χ0) is 26.8. The molecule has 0 aliphatic rings. The molecule has 0 radical (unpaired) electrons. The maximum absolute atomic E-state index is 13.6. The van der Waals surface area contributed by atoms with Crippen LogP contribution in [0.2, 0.25) is 0 Å². The Kier molecular flexibility index (Phi) is 6.89. The van der Waals surface area contributed by atoms with Gasteiger partial charge in [-0.1, -0.05) is 48.5 Å². The van der Waals surface area contributed by atoms with Gasteiger partial charge >= 0.3 is 12.3 Å². The number of aromatic nitrogens is 1. The standard InChI is InChI=1S/C28H23F3N2O4/c1-27(2,3)37-26(35)33(24(34)20-14-16-21(17-15-20)28(29,30)31)25-22(18-10-6-4-7-11-18)32-23(36-25)19-12-8-5-9-13-19/h4-17H,1-3H3. The monoisotopic (exact) mass is 508 g/mol. The Balaban J connectivity index is 1.88. The van der Waals surface area contributed by atoms with E-state index >= 15 is 0 Å². The lowest BCUT2D eigenvalue weighted by molar-refractivity contribution is -0.137. The normalized spacial score (nSPS) is 11.7. The van der Waals surface area contributed by atoms with Crippen LogP contribution in [-0.2, 0) is 10.9 Å². The summed E-state index contributed by atoms with van der Waals surface area (Å²) in [5.74, 6) is -1.01. The number of hydrogen-bond donors (Lipinski definition) is 0. The fourth-order valence-electron chi connectivity index (χ4n) is 3.45. The molecule has 0 unspecified atom stereocenters. The van der Waals surface area contributed by atoms with Crippen LogP contribution < -0.4 is 4.90 Å². The first-order valence-corrected chi connectivity index (χ1v) is 11.3. The van der Waals surface area contributed by atoms with E-state index in [1.54, 1.807) is 75.4 Å². The Bertz CT molecular complexity index is 1390. The fourth-order valence-corrected chi connectivity index (χ4v) is 3.45. The molecule has 0 fully saturated rings. The number of carbonyl (C=O) groups is 2. The van der Waals surface area contributed by atoms with Gasteiger partial charge in [0.25, 0.3) is 5.91 Å². The van der Waals surface area contributed by atoms with Gasteiger partial charge in [0.15, 0.2) is 0 Å². The van der Waals surface area contributed by atoms with Crippen molar-refractivity contribution in [3.63, 3.8) is 0 Å². The zero-order valence-corrected chi connectivity index (χ0v) is 20.2. The smallest absolute Gasteiger partial charge is 0.424 e. The van der Waals surface area contributed by atoms with Gasteiger partial charge in [0.05, 0.1) is 5.56 Å².